The van der Waals surface area contributed by atoms with Crippen LogP contribution in [0.3, 0.4) is 0 Å². The Morgan fingerprint density at radius 3 is 2.38 bits per heavy atom. The van der Waals surface area contributed by atoms with E-state index in [9.17, 15) is 0 Å². The molecule has 0 aliphatic heterocycles. The number of rotatable bonds is 3. The van der Waals surface area contributed by atoms with E-state index in [1.54, 1.807) is 24.5 Å². The first-order valence-corrected chi connectivity index (χ1v) is 4.89. The Morgan fingerprint density at radius 2 is 1.75 bits per heavy atom. The van der Waals surface area contributed by atoms with Crippen LogP contribution in [-0.4, -0.2) is 9.97 Å². The average Bonchev–Trinajstić information content (AvgIpc) is 2.33. The molecule has 1 heterocycles. The zero-order valence-electron chi connectivity index (χ0n) is 8.71. The molecule has 0 amide bonds. The van der Waals surface area contributed by atoms with Gasteiger partial charge in [0.1, 0.15) is 5.75 Å². The van der Waals surface area contributed by atoms with Crippen LogP contribution in [0.1, 0.15) is 5.56 Å². The number of hydrogen-bond donors (Lipinski definition) is 0. The number of aromatic nitrogens is 2. The van der Waals surface area contributed by atoms with E-state index in [-0.39, 0.29) is 0 Å². The lowest BCUT2D eigenvalue weighted by Gasteiger charge is -2.02. The number of allylic oxidation sites excluding steroid dienone is 1. The summed E-state index contributed by atoms with van der Waals surface area (Å²) >= 11 is 0. The Bertz CT molecular complexity index is 463. The quantitative estimate of drug-likeness (QED) is 0.782. The minimum atomic E-state index is 0.350. The van der Waals surface area contributed by atoms with E-state index in [0.717, 1.165) is 5.56 Å². The number of ether oxygens (including phenoxy) is 1. The molecule has 0 saturated heterocycles. The molecule has 0 unspecified atom stereocenters. The Kier molecular flexibility index (Phi) is 3.28. The van der Waals surface area contributed by atoms with Gasteiger partial charge < -0.3 is 4.74 Å². The third-order valence-corrected chi connectivity index (χ3v) is 1.94. The second kappa shape index (κ2) is 5.07. The molecular weight excluding hydrogens is 200 g/mol. The predicted molar refractivity (Wildman–Crippen MR) is 62.9 cm³/mol. The number of nitrogens with zero attached hydrogens (tertiary/aromatic N) is 2. The Labute approximate surface area is 94.4 Å². The van der Waals surface area contributed by atoms with Gasteiger partial charge in [0.2, 0.25) is 0 Å². The minimum absolute atomic E-state index is 0.350. The molecule has 1 aromatic heterocycles. The van der Waals surface area contributed by atoms with Crippen LogP contribution in [0.15, 0.2) is 48.8 Å². The molecule has 0 saturated carbocycles. The van der Waals surface area contributed by atoms with E-state index in [0.29, 0.717) is 11.8 Å². The highest BCUT2D eigenvalue weighted by molar-refractivity contribution is 5.51. The van der Waals surface area contributed by atoms with Gasteiger partial charge in [-0.25, -0.2) is 9.97 Å². The molecule has 0 aliphatic rings. The molecule has 1 radical (unpaired) electrons. The zero-order valence-corrected chi connectivity index (χ0v) is 8.71. The molecule has 3 heteroatoms. The molecule has 0 bridgehead atoms. The molecule has 3 nitrogen and oxygen atoms in total. The normalized spacial score (nSPS) is 10.6. The van der Waals surface area contributed by atoms with E-state index in [1.807, 2.05) is 30.3 Å². The van der Waals surface area contributed by atoms with Crippen LogP contribution >= 0.6 is 0 Å². The van der Waals surface area contributed by atoms with Crippen molar-refractivity contribution in [3.63, 3.8) is 0 Å². The fourth-order valence-electron chi connectivity index (χ4n) is 1.23. The fraction of sp³-hybridized carbons (Fsp3) is 0. The van der Waals surface area contributed by atoms with Crippen LogP contribution < -0.4 is 4.74 Å². The fourth-order valence-corrected chi connectivity index (χ4v) is 1.23. The van der Waals surface area contributed by atoms with Crippen LogP contribution in [0.2, 0.25) is 0 Å². The van der Waals surface area contributed by atoms with Crippen LogP contribution in [0.4, 0.5) is 0 Å². The lowest BCUT2D eigenvalue weighted by atomic mass is 10.2. The highest BCUT2D eigenvalue weighted by Gasteiger charge is 1.97. The summed E-state index contributed by atoms with van der Waals surface area (Å²) in [5.74, 6) is 0.715. The summed E-state index contributed by atoms with van der Waals surface area (Å²) in [5, 5.41) is 0. The van der Waals surface area contributed by atoms with Gasteiger partial charge in [0.05, 0.1) is 0 Å². The smallest absolute Gasteiger partial charge is 0.321 e. The summed E-state index contributed by atoms with van der Waals surface area (Å²) in [6, 6.07) is 9.72. The average molecular weight is 211 g/mol. The molecule has 79 valence electrons. The molecule has 0 aliphatic carbocycles. The van der Waals surface area contributed by atoms with Gasteiger partial charge in [-0.05, 0) is 30.7 Å². The molecule has 1 aromatic carbocycles. The van der Waals surface area contributed by atoms with Gasteiger partial charge >= 0.3 is 6.01 Å². The Morgan fingerprint density at radius 1 is 1.06 bits per heavy atom. The van der Waals surface area contributed by atoms with E-state index in [4.69, 9.17) is 4.74 Å². The first kappa shape index (κ1) is 10.4. The second-order valence-electron chi connectivity index (χ2n) is 3.10. The molecule has 0 N–H and O–H groups in total. The van der Waals surface area contributed by atoms with Gasteiger partial charge in [-0.1, -0.05) is 24.3 Å². The van der Waals surface area contributed by atoms with Crippen molar-refractivity contribution in [3.8, 4) is 11.8 Å². The Balaban J connectivity index is 2.11. The number of hydrogen-bond acceptors (Lipinski definition) is 3. The van der Waals surface area contributed by atoms with Gasteiger partial charge in [0.25, 0.3) is 0 Å². The zero-order chi connectivity index (χ0) is 11.2. The summed E-state index contributed by atoms with van der Waals surface area (Å²) in [6.45, 7) is 3.64. The van der Waals surface area contributed by atoms with Crippen LogP contribution in [0.25, 0.3) is 6.08 Å². The van der Waals surface area contributed by atoms with Gasteiger partial charge in [0, 0.05) is 12.4 Å². The molecule has 0 atom stereocenters. The van der Waals surface area contributed by atoms with Crippen molar-refractivity contribution in [1.82, 2.24) is 9.97 Å². The monoisotopic (exact) mass is 211 g/mol. The van der Waals surface area contributed by atoms with Gasteiger partial charge in [0.15, 0.2) is 0 Å². The first-order valence-electron chi connectivity index (χ1n) is 4.89. The Hall–Kier alpha value is -2.16. The van der Waals surface area contributed by atoms with Crippen molar-refractivity contribution < 1.29 is 4.74 Å². The standard InChI is InChI=1S/C13H11N2O/c1-2-4-11-5-7-12(8-6-11)16-13-14-9-3-10-15-13/h2-10H,1H2/b4-2+. The summed E-state index contributed by atoms with van der Waals surface area (Å²) in [5.41, 5.74) is 1.08. The maximum absolute atomic E-state index is 5.45. The van der Waals surface area contributed by atoms with E-state index in [1.165, 1.54) is 0 Å². The summed E-state index contributed by atoms with van der Waals surface area (Å²) in [6.07, 6.45) is 6.95. The molecule has 2 aromatic rings. The molecule has 2 rings (SSSR count). The largest absolute Gasteiger partial charge is 0.424 e. The maximum atomic E-state index is 5.45. The summed E-state index contributed by atoms with van der Waals surface area (Å²) in [7, 11) is 0. The highest BCUT2D eigenvalue weighted by Crippen LogP contribution is 2.17. The SMILES string of the molecule is [CH2]/C=C/c1ccc(Oc2ncccn2)cc1. The first-order chi connectivity index (χ1) is 7.88. The number of benzene rings is 1. The predicted octanol–water partition coefficient (Wildman–Crippen LogP) is 3.12. The van der Waals surface area contributed by atoms with Gasteiger partial charge in [-0.15, -0.1) is 0 Å². The third kappa shape index (κ3) is 2.67. The van der Waals surface area contributed by atoms with Crippen molar-refractivity contribution in [2.45, 2.75) is 0 Å². The van der Waals surface area contributed by atoms with Crippen molar-refractivity contribution in [2.75, 3.05) is 0 Å². The summed E-state index contributed by atoms with van der Waals surface area (Å²) < 4.78 is 5.45. The lowest BCUT2D eigenvalue weighted by Crippen LogP contribution is -1.89. The molecule has 0 fully saturated rings. The highest BCUT2D eigenvalue weighted by atomic mass is 16.5. The van der Waals surface area contributed by atoms with Crippen LogP contribution in [0.5, 0.6) is 11.8 Å². The van der Waals surface area contributed by atoms with Crippen LogP contribution in [-0.2, 0) is 0 Å². The van der Waals surface area contributed by atoms with E-state index >= 15 is 0 Å². The second-order valence-corrected chi connectivity index (χ2v) is 3.10. The maximum Gasteiger partial charge on any atom is 0.321 e. The topological polar surface area (TPSA) is 35.0 Å². The molecule has 16 heavy (non-hydrogen) atoms. The molecular formula is C13H11N2O. The van der Waals surface area contributed by atoms with Gasteiger partial charge in [-0.2, -0.15) is 0 Å². The van der Waals surface area contributed by atoms with Crippen molar-refractivity contribution in [2.24, 2.45) is 0 Å². The van der Waals surface area contributed by atoms with Gasteiger partial charge in [-0.3, -0.25) is 0 Å². The molecule has 0 spiro atoms. The van der Waals surface area contributed by atoms with Crippen molar-refractivity contribution in [3.05, 3.63) is 61.3 Å². The van der Waals surface area contributed by atoms with Crippen molar-refractivity contribution >= 4 is 6.08 Å². The summed E-state index contributed by atoms with van der Waals surface area (Å²) in [4.78, 5) is 7.95. The minimum Gasteiger partial charge on any atom is -0.424 e. The van der Waals surface area contributed by atoms with E-state index in [2.05, 4.69) is 16.9 Å². The van der Waals surface area contributed by atoms with E-state index < -0.39 is 0 Å². The third-order valence-electron chi connectivity index (χ3n) is 1.94. The lowest BCUT2D eigenvalue weighted by molar-refractivity contribution is 0.442. The van der Waals surface area contributed by atoms with Crippen LogP contribution in [0, 0.1) is 6.92 Å². The van der Waals surface area contributed by atoms with Crippen molar-refractivity contribution in [1.29, 1.82) is 0 Å².